The normalized spacial score (nSPS) is 14.0. The molecule has 1 aliphatic carbocycles. The first-order valence-corrected chi connectivity index (χ1v) is 7.87. The molecule has 0 unspecified atom stereocenters. The number of pyridine rings is 1. The molecule has 3 aromatic rings. The van der Waals surface area contributed by atoms with Gasteiger partial charge in [0.1, 0.15) is 5.82 Å². The van der Waals surface area contributed by atoms with E-state index in [1.165, 1.54) is 18.4 Å². The molecular formula is C17H17N5O. The first-order chi connectivity index (χ1) is 11.2. The van der Waals surface area contributed by atoms with Crippen LogP contribution in [0.15, 0.2) is 29.6 Å². The highest BCUT2D eigenvalue weighted by Gasteiger charge is 2.16. The highest BCUT2D eigenvalue weighted by atomic mass is 16.1. The van der Waals surface area contributed by atoms with Crippen LogP contribution in [0.2, 0.25) is 0 Å². The molecule has 0 amide bonds. The van der Waals surface area contributed by atoms with Crippen molar-refractivity contribution < 1.29 is 0 Å². The van der Waals surface area contributed by atoms with Crippen molar-refractivity contribution in [3.05, 3.63) is 57.9 Å². The SMILES string of the molecule is Cc1nc(Cn2cnc3cnccc3c2=O)nc2c1CCCC2. The Morgan fingerprint density at radius 2 is 2.09 bits per heavy atom. The topological polar surface area (TPSA) is 73.6 Å². The number of hydrogen-bond donors (Lipinski definition) is 0. The van der Waals surface area contributed by atoms with E-state index in [1.807, 2.05) is 6.92 Å². The summed E-state index contributed by atoms with van der Waals surface area (Å²) in [6.45, 7) is 2.38. The van der Waals surface area contributed by atoms with Crippen LogP contribution in [0.5, 0.6) is 0 Å². The molecule has 0 aliphatic heterocycles. The lowest BCUT2D eigenvalue weighted by Crippen LogP contribution is -2.23. The first kappa shape index (κ1) is 14.0. The summed E-state index contributed by atoms with van der Waals surface area (Å²) in [6, 6.07) is 1.69. The molecule has 3 heterocycles. The van der Waals surface area contributed by atoms with Crippen LogP contribution in [0.3, 0.4) is 0 Å². The van der Waals surface area contributed by atoms with E-state index in [-0.39, 0.29) is 5.56 Å². The predicted octanol–water partition coefficient (Wildman–Crippen LogP) is 1.82. The van der Waals surface area contributed by atoms with Gasteiger partial charge in [0.05, 0.1) is 30.0 Å². The fourth-order valence-corrected chi connectivity index (χ4v) is 3.19. The number of fused-ring (bicyclic) bond motifs is 2. The fraction of sp³-hybridized carbons (Fsp3) is 0.353. The number of rotatable bonds is 2. The molecule has 116 valence electrons. The van der Waals surface area contributed by atoms with Crippen molar-refractivity contribution in [3.8, 4) is 0 Å². The zero-order valence-electron chi connectivity index (χ0n) is 13.0. The molecule has 0 spiro atoms. The average Bonchev–Trinajstić information content (AvgIpc) is 2.58. The van der Waals surface area contributed by atoms with E-state index in [0.29, 0.717) is 23.3 Å². The smallest absolute Gasteiger partial charge is 0.261 e. The van der Waals surface area contributed by atoms with Gasteiger partial charge in [-0.3, -0.25) is 14.3 Å². The van der Waals surface area contributed by atoms with Crippen LogP contribution in [0.4, 0.5) is 0 Å². The van der Waals surface area contributed by atoms with Gasteiger partial charge >= 0.3 is 0 Å². The molecule has 23 heavy (non-hydrogen) atoms. The highest BCUT2D eigenvalue weighted by Crippen LogP contribution is 2.21. The Kier molecular flexibility index (Phi) is 3.37. The van der Waals surface area contributed by atoms with Crippen molar-refractivity contribution in [2.75, 3.05) is 0 Å². The Bertz CT molecular complexity index is 947. The van der Waals surface area contributed by atoms with Crippen molar-refractivity contribution >= 4 is 10.9 Å². The molecule has 0 N–H and O–H groups in total. The van der Waals surface area contributed by atoms with Crippen LogP contribution >= 0.6 is 0 Å². The summed E-state index contributed by atoms with van der Waals surface area (Å²) in [5.74, 6) is 0.681. The first-order valence-electron chi connectivity index (χ1n) is 7.87. The van der Waals surface area contributed by atoms with E-state index in [1.54, 1.807) is 29.4 Å². The molecule has 0 saturated heterocycles. The Labute approximate surface area is 133 Å². The van der Waals surface area contributed by atoms with E-state index < -0.39 is 0 Å². The molecule has 0 atom stereocenters. The molecule has 3 aromatic heterocycles. The molecule has 1 aliphatic rings. The predicted molar refractivity (Wildman–Crippen MR) is 86.3 cm³/mol. The van der Waals surface area contributed by atoms with Gasteiger partial charge in [-0.05, 0) is 44.2 Å². The van der Waals surface area contributed by atoms with Crippen molar-refractivity contribution in [2.45, 2.75) is 39.2 Å². The third-order valence-corrected chi connectivity index (χ3v) is 4.38. The van der Waals surface area contributed by atoms with Gasteiger partial charge in [-0.15, -0.1) is 0 Å². The third-order valence-electron chi connectivity index (χ3n) is 4.38. The fourth-order valence-electron chi connectivity index (χ4n) is 3.19. The van der Waals surface area contributed by atoms with Gasteiger partial charge in [0.15, 0.2) is 0 Å². The van der Waals surface area contributed by atoms with Gasteiger partial charge in [0.2, 0.25) is 0 Å². The van der Waals surface area contributed by atoms with Crippen LogP contribution in [0, 0.1) is 6.92 Å². The van der Waals surface area contributed by atoms with E-state index in [4.69, 9.17) is 0 Å². The van der Waals surface area contributed by atoms with Crippen LogP contribution < -0.4 is 5.56 Å². The third kappa shape index (κ3) is 2.50. The lowest BCUT2D eigenvalue weighted by atomic mass is 9.95. The summed E-state index contributed by atoms with van der Waals surface area (Å²) in [4.78, 5) is 30.1. The molecule has 0 aromatic carbocycles. The lowest BCUT2D eigenvalue weighted by molar-refractivity contribution is 0.631. The summed E-state index contributed by atoms with van der Waals surface area (Å²) in [7, 11) is 0. The molecular weight excluding hydrogens is 290 g/mol. The second kappa shape index (κ2) is 5.53. The monoisotopic (exact) mass is 307 g/mol. The molecule has 6 nitrogen and oxygen atoms in total. The zero-order valence-corrected chi connectivity index (χ0v) is 13.0. The minimum Gasteiger partial charge on any atom is -0.291 e. The van der Waals surface area contributed by atoms with Crippen molar-refractivity contribution in [1.82, 2.24) is 24.5 Å². The van der Waals surface area contributed by atoms with Gasteiger partial charge < -0.3 is 0 Å². The molecule has 0 saturated carbocycles. The Balaban J connectivity index is 1.75. The lowest BCUT2D eigenvalue weighted by Gasteiger charge is -2.17. The Hall–Kier alpha value is -2.63. The van der Waals surface area contributed by atoms with Gasteiger partial charge in [-0.2, -0.15) is 0 Å². The summed E-state index contributed by atoms with van der Waals surface area (Å²) >= 11 is 0. The summed E-state index contributed by atoms with van der Waals surface area (Å²) in [5.41, 5.74) is 3.99. The van der Waals surface area contributed by atoms with E-state index >= 15 is 0 Å². The van der Waals surface area contributed by atoms with Crippen LogP contribution in [-0.2, 0) is 19.4 Å². The van der Waals surface area contributed by atoms with Crippen molar-refractivity contribution in [3.63, 3.8) is 0 Å². The molecule has 0 radical (unpaired) electrons. The summed E-state index contributed by atoms with van der Waals surface area (Å²) in [5, 5.41) is 0.567. The minimum absolute atomic E-state index is 0.0867. The zero-order chi connectivity index (χ0) is 15.8. The van der Waals surface area contributed by atoms with Crippen LogP contribution in [-0.4, -0.2) is 24.5 Å². The maximum Gasteiger partial charge on any atom is 0.261 e. The summed E-state index contributed by atoms with van der Waals surface area (Å²) < 4.78 is 1.56. The van der Waals surface area contributed by atoms with Crippen LogP contribution in [0.25, 0.3) is 10.9 Å². The van der Waals surface area contributed by atoms with E-state index in [9.17, 15) is 4.79 Å². The Morgan fingerprint density at radius 3 is 3.00 bits per heavy atom. The molecule has 0 fully saturated rings. The number of nitrogens with zero attached hydrogens (tertiary/aromatic N) is 5. The van der Waals surface area contributed by atoms with Gasteiger partial charge in [0.25, 0.3) is 5.56 Å². The largest absolute Gasteiger partial charge is 0.291 e. The summed E-state index contributed by atoms with van der Waals surface area (Å²) in [6.07, 6.45) is 9.20. The van der Waals surface area contributed by atoms with Crippen molar-refractivity contribution in [1.29, 1.82) is 0 Å². The highest BCUT2D eigenvalue weighted by molar-refractivity contribution is 5.75. The van der Waals surface area contributed by atoms with E-state index in [2.05, 4.69) is 19.9 Å². The quantitative estimate of drug-likeness (QED) is 0.722. The van der Waals surface area contributed by atoms with Crippen molar-refractivity contribution in [2.24, 2.45) is 0 Å². The van der Waals surface area contributed by atoms with Crippen LogP contribution in [0.1, 0.15) is 35.6 Å². The average molecular weight is 307 g/mol. The maximum absolute atomic E-state index is 12.5. The second-order valence-electron chi connectivity index (χ2n) is 5.93. The van der Waals surface area contributed by atoms with Gasteiger partial charge in [-0.25, -0.2) is 15.0 Å². The van der Waals surface area contributed by atoms with E-state index in [0.717, 1.165) is 24.2 Å². The number of hydrogen-bond acceptors (Lipinski definition) is 5. The van der Waals surface area contributed by atoms with Gasteiger partial charge in [-0.1, -0.05) is 0 Å². The Morgan fingerprint density at radius 1 is 1.22 bits per heavy atom. The maximum atomic E-state index is 12.5. The van der Waals surface area contributed by atoms with Gasteiger partial charge in [0, 0.05) is 17.6 Å². The minimum atomic E-state index is -0.0867. The second-order valence-corrected chi connectivity index (χ2v) is 5.93. The number of aromatic nitrogens is 5. The standard InChI is InChI=1S/C17H17N5O/c1-11-12-4-2-3-5-14(12)21-16(20-11)9-22-10-19-15-8-18-7-6-13(15)17(22)23/h6-8,10H,2-5,9H2,1H3. The molecule has 4 rings (SSSR count). The molecule has 6 heteroatoms. The number of aryl methyl sites for hydroxylation is 2. The molecule has 0 bridgehead atoms.